The zero-order valence-corrected chi connectivity index (χ0v) is 10.9. The van der Waals surface area contributed by atoms with Crippen LogP contribution >= 0.6 is 0 Å². The smallest absolute Gasteiger partial charge is 0.418 e. The van der Waals surface area contributed by atoms with Crippen LogP contribution in [0.4, 0.5) is 17.3 Å². The summed E-state index contributed by atoms with van der Waals surface area (Å²) in [5.74, 6) is 1.29. The lowest BCUT2D eigenvalue weighted by Crippen LogP contribution is -2.33. The second-order valence-corrected chi connectivity index (χ2v) is 3.71. The van der Waals surface area contributed by atoms with E-state index < -0.39 is 7.25 Å². The van der Waals surface area contributed by atoms with Crippen LogP contribution < -0.4 is 4.57 Å². The molecule has 0 bridgehead atoms. The standard InChI is InChI=1S/C11H19N2.BF4/c1-4-6-7-8-13-10-9-12(5-2)11(13)3;2-1(3,4)5/h7-10H,4-6H2,1-3H3;/q+1;-1. The quantitative estimate of drug-likeness (QED) is 0.446. The van der Waals surface area contributed by atoms with Crippen molar-refractivity contribution < 1.29 is 21.8 Å². The molecule has 0 N–H and O–H groups in total. The molecule has 0 amide bonds. The Labute approximate surface area is 105 Å². The van der Waals surface area contributed by atoms with Gasteiger partial charge in [0.05, 0.1) is 12.7 Å². The molecule has 1 rings (SSSR count). The van der Waals surface area contributed by atoms with Crippen LogP contribution in [0.3, 0.4) is 0 Å². The zero-order chi connectivity index (χ0) is 14.2. The first kappa shape index (κ1) is 16.7. The summed E-state index contributed by atoms with van der Waals surface area (Å²) in [6.45, 7) is 7.53. The number of hydrogen-bond donors (Lipinski definition) is 0. The molecule has 0 fully saturated rings. The van der Waals surface area contributed by atoms with E-state index in [1.807, 2.05) is 0 Å². The SMILES string of the molecule is CCCC=Cn1cc[n+](CC)c1C.F[B-](F)(F)F. The zero-order valence-electron chi connectivity index (χ0n) is 10.9. The van der Waals surface area contributed by atoms with Crippen LogP contribution in [-0.4, -0.2) is 11.8 Å². The Morgan fingerprint density at radius 3 is 2.22 bits per heavy atom. The van der Waals surface area contributed by atoms with Crippen molar-refractivity contribution in [3.05, 3.63) is 24.3 Å². The van der Waals surface area contributed by atoms with Crippen LogP contribution in [0.5, 0.6) is 0 Å². The highest BCUT2D eigenvalue weighted by Crippen LogP contribution is 2.06. The molecule has 0 saturated heterocycles. The van der Waals surface area contributed by atoms with E-state index in [0.29, 0.717) is 0 Å². The van der Waals surface area contributed by atoms with Gasteiger partial charge >= 0.3 is 7.25 Å². The molecule has 18 heavy (non-hydrogen) atoms. The minimum absolute atomic E-state index is 1.04. The maximum absolute atomic E-state index is 9.75. The minimum Gasteiger partial charge on any atom is -0.418 e. The summed E-state index contributed by atoms with van der Waals surface area (Å²) < 4.78 is 43.4. The number of unbranched alkanes of at least 4 members (excludes halogenated alkanes) is 1. The third-order valence-corrected chi connectivity index (χ3v) is 2.26. The fraction of sp³-hybridized carbons (Fsp3) is 0.545. The molecule has 0 radical (unpaired) electrons. The molecular weight excluding hydrogens is 247 g/mol. The topological polar surface area (TPSA) is 8.81 Å². The summed E-state index contributed by atoms with van der Waals surface area (Å²) in [6.07, 6.45) is 10.9. The van der Waals surface area contributed by atoms with E-state index in [9.17, 15) is 17.3 Å². The predicted molar refractivity (Wildman–Crippen MR) is 65.5 cm³/mol. The fourth-order valence-corrected chi connectivity index (χ4v) is 1.36. The third kappa shape index (κ3) is 7.92. The van der Waals surface area contributed by atoms with Crippen LogP contribution in [0.15, 0.2) is 18.5 Å². The molecule has 0 atom stereocenters. The summed E-state index contributed by atoms with van der Waals surface area (Å²) in [5.41, 5.74) is 0. The molecule has 1 aromatic rings. The molecule has 2 nitrogen and oxygen atoms in total. The highest BCUT2D eigenvalue weighted by molar-refractivity contribution is 6.50. The van der Waals surface area contributed by atoms with Crippen LogP contribution in [-0.2, 0) is 6.54 Å². The lowest BCUT2D eigenvalue weighted by molar-refractivity contribution is -0.698. The van der Waals surface area contributed by atoms with Crippen molar-refractivity contribution in [1.29, 1.82) is 0 Å². The summed E-state index contributed by atoms with van der Waals surface area (Å²) in [4.78, 5) is 0. The first-order valence-electron chi connectivity index (χ1n) is 5.90. The molecule has 0 unspecified atom stereocenters. The van der Waals surface area contributed by atoms with Crippen molar-refractivity contribution >= 4 is 13.5 Å². The van der Waals surface area contributed by atoms with Gasteiger partial charge in [0.2, 0.25) is 0 Å². The Morgan fingerprint density at radius 1 is 1.28 bits per heavy atom. The van der Waals surface area contributed by atoms with E-state index in [4.69, 9.17) is 0 Å². The summed E-state index contributed by atoms with van der Waals surface area (Å²) in [5, 5.41) is 0. The number of allylic oxidation sites excluding steroid dienone is 1. The first-order valence-corrected chi connectivity index (χ1v) is 5.90. The van der Waals surface area contributed by atoms with Gasteiger partial charge in [-0.2, -0.15) is 0 Å². The lowest BCUT2D eigenvalue weighted by atomic mass is 10.3. The molecular formula is C11H19BF4N2. The van der Waals surface area contributed by atoms with E-state index in [0.717, 1.165) is 13.0 Å². The second kappa shape index (κ2) is 7.95. The van der Waals surface area contributed by atoms with E-state index in [1.165, 1.54) is 12.2 Å². The molecule has 0 aromatic carbocycles. The van der Waals surface area contributed by atoms with Crippen molar-refractivity contribution in [2.75, 3.05) is 0 Å². The van der Waals surface area contributed by atoms with Gasteiger partial charge in [-0.15, -0.1) is 0 Å². The number of rotatable bonds is 4. The van der Waals surface area contributed by atoms with Gasteiger partial charge in [0, 0.05) is 6.92 Å². The fourth-order valence-electron chi connectivity index (χ4n) is 1.36. The van der Waals surface area contributed by atoms with Crippen LogP contribution in [0, 0.1) is 6.92 Å². The maximum Gasteiger partial charge on any atom is 0.673 e. The van der Waals surface area contributed by atoms with Crippen LogP contribution in [0.25, 0.3) is 6.20 Å². The summed E-state index contributed by atoms with van der Waals surface area (Å²) in [7, 11) is -6.00. The Kier molecular flexibility index (Phi) is 7.39. The molecule has 0 saturated carbocycles. The highest BCUT2D eigenvalue weighted by atomic mass is 19.5. The Hall–Kier alpha value is -1.27. The van der Waals surface area contributed by atoms with Gasteiger partial charge in [-0.1, -0.05) is 13.3 Å². The van der Waals surface area contributed by atoms with Gasteiger partial charge < -0.3 is 17.3 Å². The summed E-state index contributed by atoms with van der Waals surface area (Å²) in [6, 6.07) is 0. The Bertz CT molecular complexity index is 366. The van der Waals surface area contributed by atoms with Crippen molar-refractivity contribution in [3.8, 4) is 0 Å². The largest absolute Gasteiger partial charge is 0.673 e. The van der Waals surface area contributed by atoms with E-state index in [-0.39, 0.29) is 0 Å². The maximum atomic E-state index is 9.75. The number of hydrogen-bond acceptors (Lipinski definition) is 0. The average Bonchev–Trinajstić information content (AvgIpc) is 2.58. The molecule has 0 aliphatic rings. The van der Waals surface area contributed by atoms with Crippen molar-refractivity contribution in [2.24, 2.45) is 0 Å². The van der Waals surface area contributed by atoms with Gasteiger partial charge in [-0.25, -0.2) is 9.13 Å². The minimum atomic E-state index is -6.00. The summed E-state index contributed by atoms with van der Waals surface area (Å²) >= 11 is 0. The number of imidazole rings is 1. The van der Waals surface area contributed by atoms with Gasteiger partial charge in [0.15, 0.2) is 0 Å². The number of aryl methyl sites for hydroxylation is 1. The van der Waals surface area contributed by atoms with Gasteiger partial charge in [0.1, 0.15) is 12.4 Å². The van der Waals surface area contributed by atoms with Crippen LogP contribution in [0.2, 0.25) is 0 Å². The van der Waals surface area contributed by atoms with Crippen LogP contribution in [0.1, 0.15) is 32.5 Å². The molecule has 0 spiro atoms. The number of aromatic nitrogens is 2. The molecule has 1 aromatic heterocycles. The van der Waals surface area contributed by atoms with Gasteiger partial charge in [-0.3, -0.25) is 0 Å². The van der Waals surface area contributed by atoms with Crippen molar-refractivity contribution in [2.45, 2.75) is 40.2 Å². The van der Waals surface area contributed by atoms with E-state index >= 15 is 0 Å². The molecule has 104 valence electrons. The first-order chi connectivity index (χ1) is 8.29. The normalized spacial score (nSPS) is 11.5. The Balaban J connectivity index is 0.000000494. The van der Waals surface area contributed by atoms with Gasteiger partial charge in [0.25, 0.3) is 5.82 Å². The monoisotopic (exact) mass is 266 g/mol. The molecule has 7 heteroatoms. The third-order valence-electron chi connectivity index (χ3n) is 2.26. The second-order valence-electron chi connectivity index (χ2n) is 3.71. The molecule has 0 aliphatic heterocycles. The van der Waals surface area contributed by atoms with E-state index in [1.54, 1.807) is 0 Å². The van der Waals surface area contributed by atoms with Gasteiger partial charge in [-0.05, 0) is 19.4 Å². The number of nitrogens with zero attached hydrogens (tertiary/aromatic N) is 2. The Morgan fingerprint density at radius 2 is 1.83 bits per heavy atom. The average molecular weight is 266 g/mol. The highest BCUT2D eigenvalue weighted by Gasteiger charge is 2.20. The van der Waals surface area contributed by atoms with E-state index in [2.05, 4.69) is 54.6 Å². The predicted octanol–water partition coefficient (Wildman–Crippen LogP) is 3.67. The number of halogens is 4. The van der Waals surface area contributed by atoms with Crippen molar-refractivity contribution in [1.82, 2.24) is 4.57 Å². The van der Waals surface area contributed by atoms with Crippen molar-refractivity contribution in [3.63, 3.8) is 0 Å². The molecule has 0 aliphatic carbocycles. The lowest BCUT2D eigenvalue weighted by Gasteiger charge is -1.94. The molecule has 1 heterocycles.